The van der Waals surface area contributed by atoms with E-state index in [0.717, 1.165) is 0 Å². The van der Waals surface area contributed by atoms with E-state index >= 15 is 0 Å². The number of nitrogens with one attached hydrogen (secondary N) is 2. The SMILES string of the molecule is Cc1ccc(NC(=O)c2ccccc2[N+](=O)[O-])cc1S(=O)(=O)Nc1ccc(SC(F)F)cc1. The van der Waals surface area contributed by atoms with Crippen molar-refractivity contribution in [3.63, 3.8) is 0 Å². The minimum absolute atomic E-state index is 0.118. The van der Waals surface area contributed by atoms with Crippen LogP contribution >= 0.6 is 11.8 Å². The number of alkyl halides is 2. The molecule has 0 aliphatic rings. The van der Waals surface area contributed by atoms with Crippen molar-refractivity contribution in [1.29, 1.82) is 0 Å². The molecule has 0 spiro atoms. The van der Waals surface area contributed by atoms with Crippen molar-refractivity contribution in [2.75, 3.05) is 10.0 Å². The maximum atomic E-state index is 12.9. The lowest BCUT2D eigenvalue weighted by Crippen LogP contribution is -2.17. The van der Waals surface area contributed by atoms with Crippen LogP contribution in [0.1, 0.15) is 15.9 Å². The first kappa shape index (κ1) is 24.1. The Kier molecular flexibility index (Phi) is 7.29. The fraction of sp³-hybridized carbons (Fsp3) is 0.0952. The lowest BCUT2D eigenvalue weighted by atomic mass is 10.1. The molecule has 0 aromatic heterocycles. The van der Waals surface area contributed by atoms with Gasteiger partial charge in [-0.05, 0) is 55.0 Å². The van der Waals surface area contributed by atoms with E-state index in [4.69, 9.17) is 0 Å². The fourth-order valence-corrected chi connectivity index (χ4v) is 4.73. The van der Waals surface area contributed by atoms with E-state index in [1.165, 1.54) is 66.7 Å². The van der Waals surface area contributed by atoms with Gasteiger partial charge in [-0.25, -0.2) is 8.42 Å². The molecule has 3 aromatic carbocycles. The third-order valence-corrected chi connectivity index (χ3v) is 6.66. The number of thioether (sulfide) groups is 1. The number of nitro benzene ring substituents is 1. The van der Waals surface area contributed by atoms with Gasteiger partial charge in [0.15, 0.2) is 0 Å². The topological polar surface area (TPSA) is 118 Å². The zero-order valence-corrected chi connectivity index (χ0v) is 18.6. The van der Waals surface area contributed by atoms with Crippen molar-refractivity contribution >= 4 is 44.8 Å². The number of anilines is 2. The highest BCUT2D eigenvalue weighted by Gasteiger charge is 2.21. The summed E-state index contributed by atoms with van der Waals surface area (Å²) < 4.78 is 53.1. The predicted molar refractivity (Wildman–Crippen MR) is 121 cm³/mol. The van der Waals surface area contributed by atoms with E-state index in [0.29, 0.717) is 17.3 Å². The molecule has 3 aromatic rings. The number of nitro groups is 1. The van der Waals surface area contributed by atoms with E-state index in [2.05, 4.69) is 10.0 Å². The second-order valence-electron chi connectivity index (χ2n) is 6.72. The van der Waals surface area contributed by atoms with Crippen molar-refractivity contribution < 1.29 is 26.9 Å². The molecule has 0 radical (unpaired) electrons. The number of nitrogens with zero attached hydrogens (tertiary/aromatic N) is 1. The van der Waals surface area contributed by atoms with Crippen LogP contribution in [0.2, 0.25) is 0 Å². The van der Waals surface area contributed by atoms with E-state index in [1.807, 2.05) is 0 Å². The Morgan fingerprint density at radius 1 is 1.03 bits per heavy atom. The molecule has 12 heteroatoms. The van der Waals surface area contributed by atoms with E-state index in [1.54, 1.807) is 6.92 Å². The molecule has 0 fully saturated rings. The number of carbonyl (C=O) groups excluding carboxylic acids is 1. The van der Waals surface area contributed by atoms with Crippen LogP contribution in [-0.4, -0.2) is 25.0 Å². The highest BCUT2D eigenvalue weighted by molar-refractivity contribution is 7.99. The lowest BCUT2D eigenvalue weighted by molar-refractivity contribution is -0.385. The number of benzene rings is 3. The van der Waals surface area contributed by atoms with Gasteiger partial charge in [0, 0.05) is 22.3 Å². The molecule has 0 heterocycles. The molecule has 0 unspecified atom stereocenters. The molecule has 0 aliphatic heterocycles. The summed E-state index contributed by atoms with van der Waals surface area (Å²) in [5, 5.41) is 13.6. The summed E-state index contributed by atoms with van der Waals surface area (Å²) in [5.41, 5.74) is 0.115. The maximum Gasteiger partial charge on any atom is 0.288 e. The molecule has 0 aliphatic carbocycles. The number of hydrogen-bond acceptors (Lipinski definition) is 6. The number of aryl methyl sites for hydroxylation is 1. The Hall–Kier alpha value is -3.51. The number of rotatable bonds is 8. The second kappa shape index (κ2) is 9.96. The van der Waals surface area contributed by atoms with Gasteiger partial charge in [-0.1, -0.05) is 30.0 Å². The van der Waals surface area contributed by atoms with Crippen molar-refractivity contribution in [1.82, 2.24) is 0 Å². The zero-order chi connectivity index (χ0) is 24.2. The molecule has 1 amide bonds. The first-order chi connectivity index (χ1) is 15.6. The van der Waals surface area contributed by atoms with E-state index < -0.39 is 26.6 Å². The number of halogens is 2. The number of sulfonamides is 1. The van der Waals surface area contributed by atoms with E-state index in [9.17, 15) is 32.1 Å². The molecule has 0 atom stereocenters. The van der Waals surface area contributed by atoms with Crippen molar-refractivity contribution in [2.24, 2.45) is 0 Å². The van der Waals surface area contributed by atoms with Gasteiger partial charge < -0.3 is 5.32 Å². The Morgan fingerprint density at radius 3 is 2.30 bits per heavy atom. The Labute approximate surface area is 192 Å². The van der Waals surface area contributed by atoms with Crippen LogP contribution < -0.4 is 10.0 Å². The van der Waals surface area contributed by atoms with Crippen LogP contribution in [0.5, 0.6) is 0 Å². The third-order valence-electron chi connectivity index (χ3n) is 4.41. The van der Waals surface area contributed by atoms with Crippen LogP contribution in [0.15, 0.2) is 76.5 Å². The summed E-state index contributed by atoms with van der Waals surface area (Å²) >= 11 is 0.340. The average Bonchev–Trinajstić information content (AvgIpc) is 2.75. The van der Waals surface area contributed by atoms with Gasteiger partial charge in [0.05, 0.1) is 9.82 Å². The summed E-state index contributed by atoms with van der Waals surface area (Å²) in [6.45, 7) is 1.56. The summed E-state index contributed by atoms with van der Waals surface area (Å²) in [4.78, 5) is 23.2. The number of carbonyl (C=O) groups is 1. The molecule has 0 bridgehead atoms. The van der Waals surface area contributed by atoms with Gasteiger partial charge >= 0.3 is 0 Å². The summed E-state index contributed by atoms with van der Waals surface area (Å²) in [7, 11) is -4.09. The van der Waals surface area contributed by atoms with Gasteiger partial charge in [-0.3, -0.25) is 19.6 Å². The lowest BCUT2D eigenvalue weighted by Gasteiger charge is -2.13. The average molecular weight is 494 g/mol. The quantitative estimate of drug-likeness (QED) is 0.251. The van der Waals surface area contributed by atoms with Crippen LogP contribution in [0.3, 0.4) is 0 Å². The summed E-state index contributed by atoms with van der Waals surface area (Å²) in [6.07, 6.45) is 0. The summed E-state index contributed by atoms with van der Waals surface area (Å²) in [5.74, 6) is -3.36. The van der Waals surface area contributed by atoms with Crippen LogP contribution in [0, 0.1) is 17.0 Å². The zero-order valence-electron chi connectivity index (χ0n) is 17.0. The highest BCUT2D eigenvalue weighted by Crippen LogP contribution is 2.28. The van der Waals surface area contributed by atoms with Crippen molar-refractivity contribution in [3.8, 4) is 0 Å². The minimum atomic E-state index is -4.09. The van der Waals surface area contributed by atoms with Crippen LogP contribution in [0.25, 0.3) is 0 Å². The molecule has 3 rings (SSSR count). The van der Waals surface area contributed by atoms with Crippen molar-refractivity contribution in [3.05, 3.63) is 88.0 Å². The molecule has 33 heavy (non-hydrogen) atoms. The fourth-order valence-electron chi connectivity index (χ4n) is 2.91. The molecular formula is C21H17F2N3O5S2. The van der Waals surface area contributed by atoms with Gasteiger partial charge in [0.2, 0.25) is 0 Å². The van der Waals surface area contributed by atoms with E-state index in [-0.39, 0.29) is 32.4 Å². The normalized spacial score (nSPS) is 11.3. The molecule has 0 saturated carbocycles. The Balaban J connectivity index is 1.83. The number of amides is 1. The van der Waals surface area contributed by atoms with Gasteiger partial charge in [-0.15, -0.1) is 0 Å². The first-order valence-corrected chi connectivity index (χ1v) is 11.7. The molecule has 172 valence electrons. The minimum Gasteiger partial charge on any atom is -0.322 e. The maximum absolute atomic E-state index is 12.9. The number of para-hydroxylation sites is 1. The predicted octanol–water partition coefficient (Wildman–Crippen LogP) is 5.27. The second-order valence-corrected chi connectivity index (χ2v) is 9.43. The van der Waals surface area contributed by atoms with Gasteiger partial charge in [-0.2, -0.15) is 8.78 Å². The monoisotopic (exact) mass is 493 g/mol. The third kappa shape index (κ3) is 6.05. The standard InChI is InChI=1S/C21H17F2N3O5S2/c1-13-6-7-15(24-20(27)17-4-2-3-5-18(17)26(28)29)12-19(13)33(30,31)25-14-8-10-16(11-9-14)32-21(22)23/h2-12,21,25H,1H3,(H,24,27). The Morgan fingerprint density at radius 2 is 1.67 bits per heavy atom. The van der Waals surface area contributed by atoms with Gasteiger partial charge in [0.25, 0.3) is 27.4 Å². The largest absolute Gasteiger partial charge is 0.322 e. The van der Waals surface area contributed by atoms with Gasteiger partial charge in [0.1, 0.15) is 5.56 Å². The molecule has 8 nitrogen and oxygen atoms in total. The number of hydrogen-bond donors (Lipinski definition) is 2. The van der Waals surface area contributed by atoms with Crippen molar-refractivity contribution in [2.45, 2.75) is 22.5 Å². The molecule has 0 saturated heterocycles. The van der Waals surface area contributed by atoms with Crippen LogP contribution in [-0.2, 0) is 10.0 Å². The molecule has 2 N–H and O–H groups in total. The first-order valence-electron chi connectivity index (χ1n) is 9.30. The summed E-state index contributed by atoms with van der Waals surface area (Å²) in [6, 6.07) is 15.0. The molecular weight excluding hydrogens is 476 g/mol. The Bertz CT molecular complexity index is 1300. The van der Waals surface area contributed by atoms with Crippen LogP contribution in [0.4, 0.5) is 25.8 Å². The smallest absolute Gasteiger partial charge is 0.288 e. The highest BCUT2D eigenvalue weighted by atomic mass is 32.2.